The Kier molecular flexibility index (Phi) is 5.52. The van der Waals surface area contributed by atoms with Crippen molar-refractivity contribution in [1.82, 2.24) is 24.9 Å². The van der Waals surface area contributed by atoms with E-state index >= 15 is 0 Å². The van der Waals surface area contributed by atoms with Crippen LogP contribution < -0.4 is 9.47 Å². The van der Waals surface area contributed by atoms with Crippen LogP contribution in [0, 0.1) is 0 Å². The van der Waals surface area contributed by atoms with E-state index in [2.05, 4.69) is 15.3 Å². The fourth-order valence-electron chi connectivity index (χ4n) is 3.96. The Hall–Kier alpha value is -3.42. The van der Waals surface area contributed by atoms with E-state index in [1.54, 1.807) is 23.2 Å². The number of pyridine rings is 1. The minimum atomic E-state index is -0.0242. The van der Waals surface area contributed by atoms with Crippen molar-refractivity contribution < 1.29 is 14.3 Å². The van der Waals surface area contributed by atoms with Crippen LogP contribution in [0.5, 0.6) is 11.6 Å². The highest BCUT2D eigenvalue weighted by Gasteiger charge is 2.33. The van der Waals surface area contributed by atoms with Crippen LogP contribution >= 0.6 is 0 Å². The highest BCUT2D eigenvalue weighted by Crippen LogP contribution is 2.25. The number of amides is 1. The molecule has 1 aromatic carbocycles. The maximum atomic E-state index is 12.7. The van der Waals surface area contributed by atoms with E-state index in [0.29, 0.717) is 31.1 Å². The summed E-state index contributed by atoms with van der Waals surface area (Å²) in [5.41, 5.74) is 1.34. The molecule has 1 aliphatic carbocycles. The van der Waals surface area contributed by atoms with E-state index < -0.39 is 0 Å². The second kappa shape index (κ2) is 8.75. The molecule has 1 saturated heterocycles. The number of nitrogens with zero attached hydrogens (tertiary/aromatic N) is 5. The summed E-state index contributed by atoms with van der Waals surface area (Å²) >= 11 is 0. The molecule has 0 bridgehead atoms. The van der Waals surface area contributed by atoms with Crippen LogP contribution in [0.25, 0.3) is 0 Å². The molecule has 0 atom stereocenters. The first kappa shape index (κ1) is 19.5. The van der Waals surface area contributed by atoms with Gasteiger partial charge in [-0.15, -0.1) is 5.10 Å². The number of aromatic nitrogens is 4. The standard InChI is InChI=1S/C23H25N5O3/c29-23(17-10-11-22(24-12-17)31-21-8-4-5-9-21)27-14-19(15-27)28-13-18(25-26-28)16-30-20-6-2-1-3-7-20/h1-3,6-7,10-13,19,21H,4-5,8-9,14-16H2. The van der Waals surface area contributed by atoms with Crippen molar-refractivity contribution in [3.8, 4) is 11.6 Å². The van der Waals surface area contributed by atoms with Gasteiger partial charge in [0.1, 0.15) is 24.2 Å². The summed E-state index contributed by atoms with van der Waals surface area (Å²) in [6.45, 7) is 1.56. The smallest absolute Gasteiger partial charge is 0.255 e. The van der Waals surface area contributed by atoms with Crippen molar-refractivity contribution in [3.05, 3.63) is 66.1 Å². The summed E-state index contributed by atoms with van der Waals surface area (Å²) in [5, 5.41) is 8.37. The number of carbonyl (C=O) groups is 1. The molecular weight excluding hydrogens is 394 g/mol. The third kappa shape index (κ3) is 4.52. The molecule has 3 aromatic rings. The van der Waals surface area contributed by atoms with E-state index in [4.69, 9.17) is 9.47 Å². The molecule has 8 heteroatoms. The lowest BCUT2D eigenvalue weighted by molar-refractivity contribution is 0.0497. The zero-order valence-electron chi connectivity index (χ0n) is 17.3. The fourth-order valence-corrected chi connectivity index (χ4v) is 3.96. The van der Waals surface area contributed by atoms with Gasteiger partial charge in [0, 0.05) is 25.4 Å². The average Bonchev–Trinajstić information content (AvgIpc) is 3.45. The van der Waals surface area contributed by atoms with Gasteiger partial charge in [0.05, 0.1) is 17.8 Å². The number of likely N-dealkylation sites (tertiary alicyclic amines) is 1. The molecule has 5 rings (SSSR count). The number of hydrogen-bond acceptors (Lipinski definition) is 6. The number of benzene rings is 1. The second-order valence-corrected chi connectivity index (χ2v) is 8.07. The van der Waals surface area contributed by atoms with E-state index in [1.807, 2.05) is 41.2 Å². The molecule has 2 fully saturated rings. The molecule has 160 valence electrons. The number of carbonyl (C=O) groups excluding carboxylic acids is 1. The molecule has 0 spiro atoms. The Labute approximate surface area is 180 Å². The van der Waals surface area contributed by atoms with Crippen LogP contribution in [0.1, 0.15) is 47.8 Å². The molecule has 0 radical (unpaired) electrons. The largest absolute Gasteiger partial charge is 0.487 e. The van der Waals surface area contributed by atoms with Gasteiger partial charge in [0.25, 0.3) is 5.91 Å². The van der Waals surface area contributed by atoms with Gasteiger partial charge in [0.2, 0.25) is 5.88 Å². The zero-order valence-corrected chi connectivity index (χ0v) is 17.3. The Bertz CT molecular complexity index is 1010. The topological polar surface area (TPSA) is 82.4 Å². The van der Waals surface area contributed by atoms with Gasteiger partial charge in [-0.2, -0.15) is 0 Å². The summed E-state index contributed by atoms with van der Waals surface area (Å²) in [6.07, 6.45) is 8.34. The van der Waals surface area contributed by atoms with Gasteiger partial charge in [-0.3, -0.25) is 4.79 Å². The molecule has 8 nitrogen and oxygen atoms in total. The number of para-hydroxylation sites is 1. The van der Waals surface area contributed by atoms with Gasteiger partial charge in [-0.25, -0.2) is 9.67 Å². The first-order valence-corrected chi connectivity index (χ1v) is 10.7. The van der Waals surface area contributed by atoms with Crippen LogP contribution in [-0.4, -0.2) is 50.0 Å². The van der Waals surface area contributed by atoms with Crippen LogP contribution in [-0.2, 0) is 6.61 Å². The highest BCUT2D eigenvalue weighted by atomic mass is 16.5. The van der Waals surface area contributed by atoms with Crippen LogP contribution in [0.3, 0.4) is 0 Å². The molecule has 2 aliphatic rings. The zero-order chi connectivity index (χ0) is 21.0. The molecule has 0 N–H and O–H groups in total. The van der Waals surface area contributed by atoms with Crippen molar-refractivity contribution in [2.45, 2.75) is 44.4 Å². The van der Waals surface area contributed by atoms with Gasteiger partial charge in [-0.1, -0.05) is 23.4 Å². The Balaban J connectivity index is 1.11. The fraction of sp³-hybridized carbons (Fsp3) is 0.391. The minimum absolute atomic E-state index is 0.0242. The summed E-state index contributed by atoms with van der Waals surface area (Å²) < 4.78 is 13.4. The van der Waals surface area contributed by atoms with Gasteiger partial charge in [-0.05, 0) is 43.9 Å². The van der Waals surface area contributed by atoms with Crippen molar-refractivity contribution in [3.63, 3.8) is 0 Å². The lowest BCUT2D eigenvalue weighted by Crippen LogP contribution is -2.50. The number of rotatable bonds is 7. The normalized spacial score (nSPS) is 16.8. The van der Waals surface area contributed by atoms with E-state index in [9.17, 15) is 4.79 Å². The predicted molar refractivity (Wildman–Crippen MR) is 113 cm³/mol. The van der Waals surface area contributed by atoms with Crippen LogP contribution in [0.4, 0.5) is 0 Å². The van der Waals surface area contributed by atoms with Gasteiger partial charge < -0.3 is 14.4 Å². The molecule has 3 heterocycles. The highest BCUT2D eigenvalue weighted by molar-refractivity contribution is 5.94. The molecule has 1 saturated carbocycles. The van der Waals surface area contributed by atoms with Gasteiger partial charge in [0.15, 0.2) is 0 Å². The molecule has 31 heavy (non-hydrogen) atoms. The Morgan fingerprint density at radius 1 is 1.06 bits per heavy atom. The molecule has 2 aromatic heterocycles. The van der Waals surface area contributed by atoms with E-state index in [0.717, 1.165) is 24.3 Å². The van der Waals surface area contributed by atoms with Crippen molar-refractivity contribution in [1.29, 1.82) is 0 Å². The lowest BCUT2D eigenvalue weighted by Gasteiger charge is -2.38. The Morgan fingerprint density at radius 2 is 1.87 bits per heavy atom. The molecular formula is C23H25N5O3. The van der Waals surface area contributed by atoms with Crippen molar-refractivity contribution >= 4 is 5.91 Å². The van der Waals surface area contributed by atoms with Crippen LogP contribution in [0.2, 0.25) is 0 Å². The average molecular weight is 419 g/mol. The maximum absolute atomic E-state index is 12.7. The maximum Gasteiger partial charge on any atom is 0.255 e. The van der Waals surface area contributed by atoms with Crippen LogP contribution in [0.15, 0.2) is 54.9 Å². The third-order valence-corrected chi connectivity index (χ3v) is 5.78. The quantitative estimate of drug-likeness (QED) is 0.585. The first-order valence-electron chi connectivity index (χ1n) is 10.7. The Morgan fingerprint density at radius 3 is 2.61 bits per heavy atom. The number of ether oxygens (including phenoxy) is 2. The summed E-state index contributed by atoms with van der Waals surface area (Å²) in [6, 6.07) is 13.3. The summed E-state index contributed by atoms with van der Waals surface area (Å²) in [5.74, 6) is 1.37. The summed E-state index contributed by atoms with van der Waals surface area (Å²) in [7, 11) is 0. The predicted octanol–water partition coefficient (Wildman–Crippen LogP) is 3.27. The second-order valence-electron chi connectivity index (χ2n) is 8.07. The monoisotopic (exact) mass is 419 g/mol. The van der Waals surface area contributed by atoms with E-state index in [-0.39, 0.29) is 18.1 Å². The van der Waals surface area contributed by atoms with Crippen molar-refractivity contribution in [2.24, 2.45) is 0 Å². The molecule has 1 aliphatic heterocycles. The molecule has 0 unspecified atom stereocenters. The SMILES string of the molecule is O=C(c1ccc(OC2CCCC2)nc1)N1CC(n2cc(COc3ccccc3)nn2)C1. The number of hydrogen-bond donors (Lipinski definition) is 0. The van der Waals surface area contributed by atoms with Crippen molar-refractivity contribution in [2.75, 3.05) is 13.1 Å². The third-order valence-electron chi connectivity index (χ3n) is 5.78. The van der Waals surface area contributed by atoms with E-state index in [1.165, 1.54) is 12.8 Å². The van der Waals surface area contributed by atoms with Gasteiger partial charge >= 0.3 is 0 Å². The molecule has 1 amide bonds. The first-order chi connectivity index (χ1) is 15.2. The summed E-state index contributed by atoms with van der Waals surface area (Å²) in [4.78, 5) is 18.8. The minimum Gasteiger partial charge on any atom is -0.487 e. The lowest BCUT2D eigenvalue weighted by atomic mass is 10.1.